The second-order valence-electron chi connectivity index (χ2n) is 3.39. The summed E-state index contributed by atoms with van der Waals surface area (Å²) in [5.74, 6) is -1.06. The highest BCUT2D eigenvalue weighted by molar-refractivity contribution is 6.35. The molecule has 0 aliphatic carbocycles. The number of hydrogen-bond donors (Lipinski definition) is 2. The van der Waals surface area contributed by atoms with E-state index in [1.165, 1.54) is 0 Å². The van der Waals surface area contributed by atoms with Gasteiger partial charge in [0.05, 0.1) is 0 Å². The van der Waals surface area contributed by atoms with Gasteiger partial charge < -0.3 is 10.6 Å². The van der Waals surface area contributed by atoms with Crippen LogP contribution in [-0.4, -0.2) is 24.4 Å². The van der Waals surface area contributed by atoms with E-state index in [1.54, 1.807) is 0 Å². The highest BCUT2D eigenvalue weighted by Crippen LogP contribution is 1.87. The lowest BCUT2D eigenvalue weighted by Gasteiger charge is -2.10. The fraction of sp³-hybridized carbons (Fsp3) is 0.800. The molecule has 0 aliphatic heterocycles. The Morgan fingerprint density at radius 3 is 2.36 bits per heavy atom. The van der Waals surface area contributed by atoms with Crippen LogP contribution in [0.3, 0.4) is 0 Å². The van der Waals surface area contributed by atoms with E-state index in [2.05, 4.69) is 10.6 Å². The molecule has 0 heterocycles. The third-order valence-electron chi connectivity index (χ3n) is 2.01. The molecule has 1 atom stereocenters. The topological polar surface area (TPSA) is 58.2 Å². The molecule has 14 heavy (non-hydrogen) atoms. The van der Waals surface area contributed by atoms with Gasteiger partial charge in [-0.1, -0.05) is 20.3 Å². The van der Waals surface area contributed by atoms with Crippen molar-refractivity contribution >= 4 is 11.8 Å². The summed E-state index contributed by atoms with van der Waals surface area (Å²) in [7, 11) is 0. The standard InChI is InChI=1S/C10H20N2O2/c1-4-6-7-11-9(13)10(14)12-8(3)5-2/h8H,4-7H2,1-3H3,(H,11,13)(H,12,14)/t8-/m1/s1. The molecule has 2 N–H and O–H groups in total. The third-order valence-corrected chi connectivity index (χ3v) is 2.01. The first-order chi connectivity index (χ1) is 6.61. The Kier molecular flexibility index (Phi) is 6.80. The van der Waals surface area contributed by atoms with Gasteiger partial charge in [-0.05, 0) is 19.8 Å². The van der Waals surface area contributed by atoms with Crippen LogP contribution in [0.4, 0.5) is 0 Å². The summed E-state index contributed by atoms with van der Waals surface area (Å²) in [5.41, 5.74) is 0. The van der Waals surface area contributed by atoms with Gasteiger partial charge in [-0.3, -0.25) is 9.59 Å². The van der Waals surface area contributed by atoms with Gasteiger partial charge >= 0.3 is 11.8 Å². The van der Waals surface area contributed by atoms with Gasteiger partial charge in [-0.15, -0.1) is 0 Å². The minimum Gasteiger partial charge on any atom is -0.348 e. The van der Waals surface area contributed by atoms with Crippen molar-refractivity contribution in [3.63, 3.8) is 0 Å². The number of carbonyl (C=O) groups excluding carboxylic acids is 2. The van der Waals surface area contributed by atoms with E-state index in [1.807, 2.05) is 20.8 Å². The maximum absolute atomic E-state index is 11.2. The van der Waals surface area contributed by atoms with E-state index in [0.29, 0.717) is 6.54 Å². The Hall–Kier alpha value is -1.06. The summed E-state index contributed by atoms with van der Waals surface area (Å²) in [6.45, 7) is 6.44. The Morgan fingerprint density at radius 1 is 1.21 bits per heavy atom. The predicted octanol–water partition coefficient (Wildman–Crippen LogP) is 0.817. The van der Waals surface area contributed by atoms with Crippen LogP contribution < -0.4 is 10.6 Å². The van der Waals surface area contributed by atoms with Crippen LogP contribution in [0.25, 0.3) is 0 Å². The van der Waals surface area contributed by atoms with E-state index in [4.69, 9.17) is 0 Å². The highest BCUT2D eigenvalue weighted by atomic mass is 16.2. The lowest BCUT2D eigenvalue weighted by Crippen LogP contribution is -2.43. The molecule has 82 valence electrons. The van der Waals surface area contributed by atoms with Crippen molar-refractivity contribution in [2.24, 2.45) is 0 Å². The summed E-state index contributed by atoms with van der Waals surface area (Å²) in [6, 6.07) is 0.0550. The van der Waals surface area contributed by atoms with E-state index in [9.17, 15) is 9.59 Å². The average Bonchev–Trinajstić information content (AvgIpc) is 2.17. The first-order valence-corrected chi connectivity index (χ1v) is 5.20. The lowest BCUT2D eigenvalue weighted by atomic mass is 10.2. The van der Waals surface area contributed by atoms with Gasteiger partial charge in [0.25, 0.3) is 0 Å². The monoisotopic (exact) mass is 200 g/mol. The molecule has 0 saturated carbocycles. The summed E-state index contributed by atoms with van der Waals surface area (Å²) < 4.78 is 0. The Morgan fingerprint density at radius 2 is 1.86 bits per heavy atom. The Labute approximate surface area is 85.4 Å². The maximum atomic E-state index is 11.2. The van der Waals surface area contributed by atoms with Gasteiger partial charge in [0.1, 0.15) is 0 Å². The number of hydrogen-bond acceptors (Lipinski definition) is 2. The van der Waals surface area contributed by atoms with Crippen LogP contribution >= 0.6 is 0 Å². The van der Waals surface area contributed by atoms with E-state index >= 15 is 0 Å². The van der Waals surface area contributed by atoms with Gasteiger partial charge in [-0.2, -0.15) is 0 Å². The number of nitrogens with one attached hydrogen (secondary N) is 2. The van der Waals surface area contributed by atoms with E-state index < -0.39 is 11.8 Å². The molecule has 0 aromatic rings. The van der Waals surface area contributed by atoms with Gasteiger partial charge in [0, 0.05) is 12.6 Å². The van der Waals surface area contributed by atoms with Crippen LogP contribution in [0.2, 0.25) is 0 Å². The number of rotatable bonds is 5. The van der Waals surface area contributed by atoms with E-state index in [-0.39, 0.29) is 6.04 Å². The van der Waals surface area contributed by atoms with Crippen molar-refractivity contribution in [3.8, 4) is 0 Å². The van der Waals surface area contributed by atoms with Crippen molar-refractivity contribution in [3.05, 3.63) is 0 Å². The molecule has 0 bridgehead atoms. The first kappa shape index (κ1) is 12.9. The normalized spacial score (nSPS) is 11.9. The molecule has 0 aromatic heterocycles. The van der Waals surface area contributed by atoms with Crippen LogP contribution in [-0.2, 0) is 9.59 Å². The number of amides is 2. The SMILES string of the molecule is CCCCNC(=O)C(=O)N[C@H](C)CC. The van der Waals surface area contributed by atoms with Crippen molar-refractivity contribution in [1.29, 1.82) is 0 Å². The highest BCUT2D eigenvalue weighted by Gasteiger charge is 2.13. The molecule has 0 aromatic carbocycles. The summed E-state index contributed by atoms with van der Waals surface area (Å²) in [4.78, 5) is 22.3. The molecule has 0 unspecified atom stereocenters. The Balaban J connectivity index is 3.71. The van der Waals surface area contributed by atoms with Crippen LogP contribution in [0.1, 0.15) is 40.0 Å². The molecule has 2 amide bonds. The van der Waals surface area contributed by atoms with Crippen molar-refractivity contribution in [2.75, 3.05) is 6.54 Å². The zero-order chi connectivity index (χ0) is 11.0. The average molecular weight is 200 g/mol. The summed E-state index contributed by atoms with van der Waals surface area (Å²) >= 11 is 0. The molecule has 0 rings (SSSR count). The molecule has 0 aliphatic rings. The largest absolute Gasteiger partial charge is 0.348 e. The smallest absolute Gasteiger partial charge is 0.309 e. The molecule has 4 heteroatoms. The second kappa shape index (κ2) is 7.35. The molecular formula is C10H20N2O2. The van der Waals surface area contributed by atoms with E-state index in [0.717, 1.165) is 19.3 Å². The van der Waals surface area contributed by atoms with Crippen molar-refractivity contribution < 1.29 is 9.59 Å². The fourth-order valence-corrected chi connectivity index (χ4v) is 0.850. The summed E-state index contributed by atoms with van der Waals surface area (Å²) in [5, 5.41) is 5.17. The van der Waals surface area contributed by atoms with Gasteiger partial charge in [-0.25, -0.2) is 0 Å². The van der Waals surface area contributed by atoms with Crippen LogP contribution in [0.15, 0.2) is 0 Å². The molecule has 0 radical (unpaired) electrons. The first-order valence-electron chi connectivity index (χ1n) is 5.20. The number of unbranched alkanes of at least 4 members (excludes halogenated alkanes) is 1. The van der Waals surface area contributed by atoms with Crippen molar-refractivity contribution in [1.82, 2.24) is 10.6 Å². The minimum absolute atomic E-state index is 0.0550. The van der Waals surface area contributed by atoms with Crippen molar-refractivity contribution in [2.45, 2.75) is 46.1 Å². The van der Waals surface area contributed by atoms with Crippen LogP contribution in [0.5, 0.6) is 0 Å². The molecule has 0 spiro atoms. The zero-order valence-corrected chi connectivity index (χ0v) is 9.22. The fourth-order valence-electron chi connectivity index (χ4n) is 0.850. The quantitative estimate of drug-likeness (QED) is 0.510. The number of carbonyl (C=O) groups is 2. The van der Waals surface area contributed by atoms with Gasteiger partial charge in [0.15, 0.2) is 0 Å². The lowest BCUT2D eigenvalue weighted by molar-refractivity contribution is -0.139. The Bertz CT molecular complexity index is 193. The maximum Gasteiger partial charge on any atom is 0.309 e. The van der Waals surface area contributed by atoms with Gasteiger partial charge in [0.2, 0.25) is 0 Å². The third kappa shape index (κ3) is 5.56. The molecule has 0 saturated heterocycles. The van der Waals surface area contributed by atoms with Crippen LogP contribution in [0, 0.1) is 0 Å². The molecule has 0 fully saturated rings. The second-order valence-corrected chi connectivity index (χ2v) is 3.39. The zero-order valence-electron chi connectivity index (χ0n) is 9.22. The molecule has 4 nitrogen and oxygen atoms in total. The predicted molar refractivity (Wildman–Crippen MR) is 55.8 cm³/mol. The minimum atomic E-state index is -0.532. The molecular weight excluding hydrogens is 180 g/mol. The summed E-state index contributed by atoms with van der Waals surface area (Å²) in [6.07, 6.45) is 2.74.